The van der Waals surface area contributed by atoms with E-state index < -0.39 is 10.8 Å². The molecule has 0 N–H and O–H groups in total. The van der Waals surface area contributed by atoms with Gasteiger partial charge in [0.25, 0.3) is 0 Å². The van der Waals surface area contributed by atoms with Crippen LogP contribution in [-0.2, 0) is 10.8 Å². The molecule has 0 aliphatic carbocycles. The molecule has 0 unspecified atom stereocenters. The lowest BCUT2D eigenvalue weighted by Gasteiger charge is -1.98. The van der Waals surface area contributed by atoms with Crippen LogP contribution in [0, 0.1) is 6.92 Å². The quantitative estimate of drug-likeness (QED) is 0.602. The van der Waals surface area contributed by atoms with E-state index >= 15 is 0 Å². The van der Waals surface area contributed by atoms with Crippen LogP contribution in [0.2, 0.25) is 0 Å². The predicted molar refractivity (Wildman–Crippen MR) is 43.5 cm³/mol. The third-order valence-electron chi connectivity index (χ3n) is 1.40. The summed E-state index contributed by atoms with van der Waals surface area (Å²) in [6, 6.07) is 7.72. The van der Waals surface area contributed by atoms with Crippen LogP contribution in [0.15, 0.2) is 29.2 Å². The first kappa shape index (κ1) is 7.48. The molecule has 10 heavy (non-hydrogen) atoms. The fraction of sp³-hybridized carbons (Fsp3) is 0.250. The topological polar surface area (TPSA) is 17.1 Å². The molecular formula is C8H10OS. The van der Waals surface area contributed by atoms with Crippen LogP contribution in [0.1, 0.15) is 5.56 Å². The number of rotatable bonds is 1. The summed E-state index contributed by atoms with van der Waals surface area (Å²) in [7, 11) is -0.841. The first-order chi connectivity index (χ1) is 4.72. The highest BCUT2D eigenvalue weighted by Crippen LogP contribution is 2.09. The Kier molecular flexibility index (Phi) is 2.22. The molecule has 0 amide bonds. The second-order valence-electron chi connectivity index (χ2n) is 2.22. The van der Waals surface area contributed by atoms with Gasteiger partial charge >= 0.3 is 0 Å². The zero-order chi connectivity index (χ0) is 7.56. The third kappa shape index (κ3) is 1.45. The zero-order valence-corrected chi connectivity index (χ0v) is 6.94. The SMILES string of the molecule is Cc1ccccc1[S@](C)=O. The van der Waals surface area contributed by atoms with Crippen LogP contribution in [0.4, 0.5) is 0 Å². The van der Waals surface area contributed by atoms with Gasteiger partial charge in [0.15, 0.2) is 0 Å². The highest BCUT2D eigenvalue weighted by atomic mass is 32.2. The minimum Gasteiger partial charge on any atom is -0.255 e. The van der Waals surface area contributed by atoms with Crippen molar-refractivity contribution in [3.8, 4) is 0 Å². The summed E-state index contributed by atoms with van der Waals surface area (Å²) in [5.41, 5.74) is 1.10. The van der Waals surface area contributed by atoms with Gasteiger partial charge in [-0.15, -0.1) is 0 Å². The Labute approximate surface area is 63.5 Å². The molecule has 0 radical (unpaired) electrons. The lowest BCUT2D eigenvalue weighted by atomic mass is 10.2. The van der Waals surface area contributed by atoms with Crippen molar-refractivity contribution in [1.82, 2.24) is 0 Å². The van der Waals surface area contributed by atoms with E-state index in [0.717, 1.165) is 10.5 Å². The molecule has 0 fully saturated rings. The Hall–Kier alpha value is -0.630. The average molecular weight is 154 g/mol. The molecule has 1 aromatic carbocycles. The van der Waals surface area contributed by atoms with E-state index in [1.165, 1.54) is 0 Å². The van der Waals surface area contributed by atoms with Gasteiger partial charge in [-0.2, -0.15) is 0 Å². The highest BCUT2D eigenvalue weighted by Gasteiger charge is 1.98. The van der Waals surface area contributed by atoms with Crippen molar-refractivity contribution in [1.29, 1.82) is 0 Å². The molecule has 0 aliphatic heterocycles. The van der Waals surface area contributed by atoms with Crippen molar-refractivity contribution < 1.29 is 4.21 Å². The lowest BCUT2D eigenvalue weighted by Crippen LogP contribution is -1.89. The van der Waals surface area contributed by atoms with Gasteiger partial charge in [-0.3, -0.25) is 4.21 Å². The van der Waals surface area contributed by atoms with Crippen LogP contribution >= 0.6 is 0 Å². The molecule has 1 atom stereocenters. The van der Waals surface area contributed by atoms with Gasteiger partial charge in [0, 0.05) is 11.2 Å². The van der Waals surface area contributed by atoms with Crippen molar-refractivity contribution in [2.45, 2.75) is 11.8 Å². The van der Waals surface area contributed by atoms with Crippen LogP contribution in [0.5, 0.6) is 0 Å². The van der Waals surface area contributed by atoms with E-state index in [1.807, 2.05) is 31.2 Å². The van der Waals surface area contributed by atoms with Crippen LogP contribution in [-0.4, -0.2) is 10.5 Å². The van der Waals surface area contributed by atoms with Crippen molar-refractivity contribution in [3.05, 3.63) is 29.8 Å². The summed E-state index contributed by atoms with van der Waals surface area (Å²) in [5.74, 6) is 0. The van der Waals surface area contributed by atoms with Gasteiger partial charge in [-0.25, -0.2) is 0 Å². The van der Waals surface area contributed by atoms with E-state index in [0.29, 0.717) is 0 Å². The Bertz CT molecular complexity index is 255. The molecular weight excluding hydrogens is 144 g/mol. The third-order valence-corrected chi connectivity index (χ3v) is 2.48. The van der Waals surface area contributed by atoms with E-state index in [9.17, 15) is 4.21 Å². The molecule has 0 heterocycles. The standard InChI is InChI=1S/C8H10OS/c1-7-5-3-4-6-8(7)10(2)9/h3-6H,1-2H3/t10-/m0/s1. The van der Waals surface area contributed by atoms with Crippen LogP contribution in [0.3, 0.4) is 0 Å². The maximum Gasteiger partial charge on any atom is 0.0500 e. The van der Waals surface area contributed by atoms with Gasteiger partial charge in [0.05, 0.1) is 10.8 Å². The van der Waals surface area contributed by atoms with E-state index in [2.05, 4.69) is 0 Å². The smallest absolute Gasteiger partial charge is 0.0500 e. The van der Waals surface area contributed by atoms with Crippen molar-refractivity contribution in [2.75, 3.05) is 6.26 Å². The molecule has 0 aliphatic rings. The molecule has 1 nitrogen and oxygen atoms in total. The first-order valence-electron chi connectivity index (χ1n) is 3.11. The molecule has 54 valence electrons. The Balaban J connectivity index is 3.15. The Morgan fingerprint density at radius 1 is 1.30 bits per heavy atom. The van der Waals surface area contributed by atoms with Gasteiger partial charge in [-0.1, -0.05) is 18.2 Å². The van der Waals surface area contributed by atoms with E-state index in [1.54, 1.807) is 6.26 Å². The van der Waals surface area contributed by atoms with E-state index in [-0.39, 0.29) is 0 Å². The molecule has 0 saturated carbocycles. The van der Waals surface area contributed by atoms with Gasteiger partial charge in [-0.05, 0) is 18.6 Å². The molecule has 0 bridgehead atoms. The van der Waals surface area contributed by atoms with Crippen molar-refractivity contribution in [3.63, 3.8) is 0 Å². The minimum atomic E-state index is -0.841. The summed E-state index contributed by atoms with van der Waals surface area (Å²) in [5, 5.41) is 0. The maximum atomic E-state index is 11.0. The number of benzene rings is 1. The number of hydrogen-bond donors (Lipinski definition) is 0. The second kappa shape index (κ2) is 2.97. The summed E-state index contributed by atoms with van der Waals surface area (Å²) in [6.07, 6.45) is 1.70. The molecule has 0 spiro atoms. The van der Waals surface area contributed by atoms with Crippen LogP contribution < -0.4 is 0 Å². The van der Waals surface area contributed by atoms with Gasteiger partial charge in [0.1, 0.15) is 0 Å². The molecule has 0 aromatic heterocycles. The van der Waals surface area contributed by atoms with Crippen molar-refractivity contribution in [2.24, 2.45) is 0 Å². The normalized spacial score (nSPS) is 13.0. The van der Waals surface area contributed by atoms with Crippen LogP contribution in [0.25, 0.3) is 0 Å². The Morgan fingerprint density at radius 2 is 1.90 bits per heavy atom. The summed E-state index contributed by atoms with van der Waals surface area (Å²) < 4.78 is 11.0. The fourth-order valence-corrected chi connectivity index (χ4v) is 1.67. The average Bonchev–Trinajstić information content (AvgIpc) is 1.88. The molecule has 1 aromatic rings. The summed E-state index contributed by atoms with van der Waals surface area (Å²) in [6.45, 7) is 1.97. The number of hydrogen-bond acceptors (Lipinski definition) is 1. The Morgan fingerprint density at radius 3 is 2.30 bits per heavy atom. The minimum absolute atomic E-state index is 0.841. The molecule has 1 rings (SSSR count). The van der Waals surface area contributed by atoms with Crippen molar-refractivity contribution >= 4 is 10.8 Å². The molecule has 0 saturated heterocycles. The number of aryl methyl sites for hydroxylation is 1. The zero-order valence-electron chi connectivity index (χ0n) is 6.13. The largest absolute Gasteiger partial charge is 0.255 e. The maximum absolute atomic E-state index is 11.0. The highest BCUT2D eigenvalue weighted by molar-refractivity contribution is 7.84. The lowest BCUT2D eigenvalue weighted by molar-refractivity contribution is 0.686. The first-order valence-corrected chi connectivity index (χ1v) is 4.66. The summed E-state index contributed by atoms with van der Waals surface area (Å²) in [4.78, 5) is 0.933. The van der Waals surface area contributed by atoms with E-state index in [4.69, 9.17) is 0 Å². The second-order valence-corrected chi connectivity index (χ2v) is 3.57. The van der Waals surface area contributed by atoms with Gasteiger partial charge < -0.3 is 0 Å². The molecule has 2 heteroatoms. The fourth-order valence-electron chi connectivity index (χ4n) is 0.879. The summed E-state index contributed by atoms with van der Waals surface area (Å²) >= 11 is 0. The predicted octanol–water partition coefficient (Wildman–Crippen LogP) is 1.73. The van der Waals surface area contributed by atoms with Gasteiger partial charge in [0.2, 0.25) is 0 Å². The monoisotopic (exact) mass is 154 g/mol.